The number of nitrogen functional groups attached to an aromatic ring is 1. The molecule has 0 saturated heterocycles. The highest BCUT2D eigenvalue weighted by Crippen LogP contribution is 2.18. The van der Waals surface area contributed by atoms with Crippen LogP contribution in [0.4, 0.5) is 16.0 Å². The van der Waals surface area contributed by atoms with Gasteiger partial charge in [-0.3, -0.25) is 4.79 Å². The van der Waals surface area contributed by atoms with Crippen LogP contribution in [0.15, 0.2) is 24.5 Å². The number of nitrogens with one attached hydrogen (secondary N) is 1. The second-order valence-electron chi connectivity index (χ2n) is 3.47. The van der Waals surface area contributed by atoms with Crippen molar-refractivity contribution in [2.45, 2.75) is 6.54 Å². The van der Waals surface area contributed by atoms with Gasteiger partial charge in [-0.25, -0.2) is 14.1 Å². The molecule has 0 aliphatic carbocycles. The number of rotatable bonds is 3. The van der Waals surface area contributed by atoms with E-state index in [-0.39, 0.29) is 23.2 Å². The standard InChI is InChI=1S/C10H9ClFN5O/c11-6-1-2-8(7(12)3-6)15-9(18)4-17-5-14-10(13)16-17/h1-3,5H,4H2,(H2,13,16)(H,15,18). The Labute approximate surface area is 107 Å². The van der Waals surface area contributed by atoms with Gasteiger partial charge in [0, 0.05) is 5.02 Å². The molecule has 0 fully saturated rings. The summed E-state index contributed by atoms with van der Waals surface area (Å²) in [5.74, 6) is -0.976. The number of hydrogen-bond acceptors (Lipinski definition) is 4. The van der Waals surface area contributed by atoms with Crippen LogP contribution in [0, 0.1) is 5.82 Å². The first kappa shape index (κ1) is 12.3. The molecule has 8 heteroatoms. The smallest absolute Gasteiger partial charge is 0.246 e. The lowest BCUT2D eigenvalue weighted by Crippen LogP contribution is -2.19. The third kappa shape index (κ3) is 2.95. The summed E-state index contributed by atoms with van der Waals surface area (Å²) in [6.07, 6.45) is 1.31. The third-order valence-electron chi connectivity index (χ3n) is 2.07. The van der Waals surface area contributed by atoms with Gasteiger partial charge < -0.3 is 11.1 Å². The SMILES string of the molecule is Nc1ncn(CC(=O)Nc2ccc(Cl)cc2F)n1. The highest BCUT2D eigenvalue weighted by molar-refractivity contribution is 6.30. The number of carbonyl (C=O) groups is 1. The molecule has 94 valence electrons. The number of anilines is 2. The Balaban J connectivity index is 2.03. The topological polar surface area (TPSA) is 85.8 Å². The Morgan fingerprint density at radius 2 is 2.33 bits per heavy atom. The molecule has 0 aliphatic heterocycles. The molecule has 1 aromatic heterocycles. The van der Waals surface area contributed by atoms with Gasteiger partial charge in [-0.05, 0) is 18.2 Å². The van der Waals surface area contributed by atoms with Crippen molar-refractivity contribution < 1.29 is 9.18 Å². The molecule has 2 aromatic rings. The second-order valence-corrected chi connectivity index (χ2v) is 3.91. The number of benzene rings is 1. The van der Waals surface area contributed by atoms with Gasteiger partial charge in [-0.15, -0.1) is 5.10 Å². The fraction of sp³-hybridized carbons (Fsp3) is 0.100. The van der Waals surface area contributed by atoms with E-state index >= 15 is 0 Å². The zero-order valence-electron chi connectivity index (χ0n) is 9.10. The highest BCUT2D eigenvalue weighted by atomic mass is 35.5. The molecule has 0 bridgehead atoms. The first-order chi connectivity index (χ1) is 8.54. The highest BCUT2D eigenvalue weighted by Gasteiger charge is 2.09. The molecular weight excluding hydrogens is 261 g/mol. The largest absolute Gasteiger partial charge is 0.367 e. The monoisotopic (exact) mass is 269 g/mol. The summed E-state index contributed by atoms with van der Waals surface area (Å²) in [5, 5.41) is 6.39. The number of hydrogen-bond donors (Lipinski definition) is 2. The zero-order valence-corrected chi connectivity index (χ0v) is 9.86. The van der Waals surface area contributed by atoms with Crippen molar-refractivity contribution >= 4 is 29.1 Å². The van der Waals surface area contributed by atoms with Crippen molar-refractivity contribution in [3.63, 3.8) is 0 Å². The lowest BCUT2D eigenvalue weighted by molar-refractivity contribution is -0.116. The summed E-state index contributed by atoms with van der Waals surface area (Å²) in [5.41, 5.74) is 5.35. The van der Waals surface area contributed by atoms with Gasteiger partial charge in [0.05, 0.1) is 5.69 Å². The van der Waals surface area contributed by atoms with Gasteiger partial charge in [-0.2, -0.15) is 0 Å². The number of halogens is 2. The molecule has 0 aliphatic rings. The van der Waals surface area contributed by atoms with Crippen LogP contribution in [-0.4, -0.2) is 20.7 Å². The van der Waals surface area contributed by atoms with E-state index in [4.69, 9.17) is 17.3 Å². The molecule has 0 spiro atoms. The zero-order chi connectivity index (χ0) is 13.1. The number of nitrogens with zero attached hydrogens (tertiary/aromatic N) is 3. The molecule has 0 radical (unpaired) electrons. The second kappa shape index (κ2) is 5.01. The minimum Gasteiger partial charge on any atom is -0.367 e. The van der Waals surface area contributed by atoms with Gasteiger partial charge in [0.1, 0.15) is 18.7 Å². The fourth-order valence-electron chi connectivity index (χ4n) is 1.31. The molecule has 3 N–H and O–H groups in total. The molecule has 2 rings (SSSR count). The van der Waals surface area contributed by atoms with E-state index in [1.807, 2.05) is 0 Å². The average Bonchev–Trinajstić information content (AvgIpc) is 2.68. The Bertz CT molecular complexity index is 585. The third-order valence-corrected chi connectivity index (χ3v) is 2.30. The van der Waals surface area contributed by atoms with Gasteiger partial charge in [-0.1, -0.05) is 11.6 Å². The Morgan fingerprint density at radius 3 is 2.94 bits per heavy atom. The first-order valence-corrected chi connectivity index (χ1v) is 5.32. The maximum Gasteiger partial charge on any atom is 0.246 e. The van der Waals surface area contributed by atoms with Crippen molar-refractivity contribution in [1.82, 2.24) is 14.8 Å². The van der Waals surface area contributed by atoms with Crippen LogP contribution in [0.3, 0.4) is 0 Å². The normalized spacial score (nSPS) is 10.3. The quantitative estimate of drug-likeness (QED) is 0.879. The van der Waals surface area contributed by atoms with Crippen LogP contribution in [0.5, 0.6) is 0 Å². The van der Waals surface area contributed by atoms with Gasteiger partial charge in [0.2, 0.25) is 11.9 Å². The van der Waals surface area contributed by atoms with E-state index in [2.05, 4.69) is 15.4 Å². The number of carbonyl (C=O) groups excluding carboxylic acids is 1. The van der Waals surface area contributed by atoms with Crippen LogP contribution in [0.25, 0.3) is 0 Å². The molecule has 0 unspecified atom stereocenters. The van der Waals surface area contributed by atoms with Crippen LogP contribution in [0.2, 0.25) is 5.02 Å². The minimum atomic E-state index is -0.603. The van der Waals surface area contributed by atoms with Crippen molar-refractivity contribution in [2.75, 3.05) is 11.1 Å². The summed E-state index contributed by atoms with van der Waals surface area (Å²) in [6.45, 7) is -0.105. The summed E-state index contributed by atoms with van der Waals surface area (Å²) in [4.78, 5) is 15.3. The van der Waals surface area contributed by atoms with Crippen molar-refractivity contribution in [3.05, 3.63) is 35.4 Å². The molecule has 1 amide bonds. The molecular formula is C10H9ClFN5O. The fourth-order valence-corrected chi connectivity index (χ4v) is 1.47. The Morgan fingerprint density at radius 1 is 1.56 bits per heavy atom. The predicted molar refractivity (Wildman–Crippen MR) is 64.5 cm³/mol. The van der Waals surface area contributed by atoms with E-state index < -0.39 is 11.7 Å². The molecule has 6 nitrogen and oxygen atoms in total. The summed E-state index contributed by atoms with van der Waals surface area (Å²) in [6, 6.07) is 3.98. The lowest BCUT2D eigenvalue weighted by Gasteiger charge is -2.06. The van der Waals surface area contributed by atoms with Crippen LogP contribution < -0.4 is 11.1 Å². The van der Waals surface area contributed by atoms with Crippen molar-refractivity contribution in [2.24, 2.45) is 0 Å². The predicted octanol–water partition coefficient (Wildman–Crippen LogP) is 1.29. The summed E-state index contributed by atoms with van der Waals surface area (Å²) < 4.78 is 14.6. The van der Waals surface area contributed by atoms with Gasteiger partial charge in [0.15, 0.2) is 0 Å². The lowest BCUT2D eigenvalue weighted by atomic mass is 10.3. The Hall–Kier alpha value is -2.15. The summed E-state index contributed by atoms with van der Waals surface area (Å²) >= 11 is 5.60. The number of amides is 1. The van der Waals surface area contributed by atoms with Gasteiger partial charge >= 0.3 is 0 Å². The maximum absolute atomic E-state index is 13.4. The molecule has 0 atom stereocenters. The maximum atomic E-state index is 13.4. The van der Waals surface area contributed by atoms with Crippen LogP contribution in [-0.2, 0) is 11.3 Å². The Kier molecular flexibility index (Phi) is 3.42. The van der Waals surface area contributed by atoms with E-state index in [9.17, 15) is 9.18 Å². The van der Waals surface area contributed by atoms with Crippen LogP contribution in [0.1, 0.15) is 0 Å². The van der Waals surface area contributed by atoms with E-state index in [0.29, 0.717) is 0 Å². The minimum absolute atomic E-state index is 0.0532. The molecule has 18 heavy (non-hydrogen) atoms. The number of aromatic nitrogens is 3. The van der Waals surface area contributed by atoms with Crippen molar-refractivity contribution in [1.29, 1.82) is 0 Å². The number of nitrogens with two attached hydrogens (primary N) is 1. The van der Waals surface area contributed by atoms with E-state index in [0.717, 1.165) is 6.07 Å². The van der Waals surface area contributed by atoms with Gasteiger partial charge in [0.25, 0.3) is 0 Å². The molecule has 1 aromatic carbocycles. The average molecular weight is 270 g/mol. The molecule has 1 heterocycles. The first-order valence-electron chi connectivity index (χ1n) is 4.94. The van der Waals surface area contributed by atoms with E-state index in [1.165, 1.54) is 23.1 Å². The summed E-state index contributed by atoms with van der Waals surface area (Å²) in [7, 11) is 0. The van der Waals surface area contributed by atoms with Crippen molar-refractivity contribution in [3.8, 4) is 0 Å². The molecule has 0 saturated carbocycles. The van der Waals surface area contributed by atoms with Crippen LogP contribution >= 0.6 is 11.6 Å². The van der Waals surface area contributed by atoms with E-state index in [1.54, 1.807) is 0 Å².